The minimum atomic E-state index is -0.716. The maximum atomic E-state index is 12.6. The first-order valence-corrected chi connectivity index (χ1v) is 8.97. The van der Waals surface area contributed by atoms with Gasteiger partial charge in [0.25, 0.3) is 5.91 Å². The average molecular weight is 350 g/mol. The average Bonchev–Trinajstić information content (AvgIpc) is 3.19. The molecule has 4 aromatic rings. The number of aromatic nitrogens is 1. The number of H-pyrrole nitrogens is 1. The number of hydrogen-bond acceptors (Lipinski definition) is 3. The SMILES string of the molecule is Cc1[nH]c2ccccc2c1C(=O)NC[C@H](O)c1cc2ccccc2s1. The van der Waals surface area contributed by atoms with Crippen LogP contribution in [-0.2, 0) is 0 Å². The highest BCUT2D eigenvalue weighted by Gasteiger charge is 2.18. The summed E-state index contributed by atoms with van der Waals surface area (Å²) >= 11 is 1.55. The second-order valence-corrected chi connectivity index (χ2v) is 7.20. The third-order valence-corrected chi connectivity index (χ3v) is 5.57. The fourth-order valence-electron chi connectivity index (χ4n) is 3.11. The maximum Gasteiger partial charge on any atom is 0.253 e. The fraction of sp³-hybridized carbons (Fsp3) is 0.150. The molecule has 0 radical (unpaired) electrons. The Morgan fingerprint density at radius 1 is 1.20 bits per heavy atom. The second-order valence-electron chi connectivity index (χ2n) is 6.08. The quantitative estimate of drug-likeness (QED) is 0.517. The summed E-state index contributed by atoms with van der Waals surface area (Å²) < 4.78 is 1.13. The Balaban J connectivity index is 1.52. The van der Waals surface area contributed by atoms with E-state index >= 15 is 0 Å². The van der Waals surface area contributed by atoms with Crippen molar-refractivity contribution in [1.82, 2.24) is 10.3 Å². The van der Waals surface area contributed by atoms with E-state index in [2.05, 4.69) is 10.3 Å². The summed E-state index contributed by atoms with van der Waals surface area (Å²) in [6.07, 6.45) is -0.716. The Morgan fingerprint density at radius 2 is 1.96 bits per heavy atom. The number of para-hydroxylation sites is 1. The smallest absolute Gasteiger partial charge is 0.253 e. The topological polar surface area (TPSA) is 65.1 Å². The number of aliphatic hydroxyl groups is 1. The van der Waals surface area contributed by atoms with E-state index in [1.807, 2.05) is 61.5 Å². The van der Waals surface area contributed by atoms with Crippen LogP contribution in [0.25, 0.3) is 21.0 Å². The second kappa shape index (κ2) is 6.35. The highest BCUT2D eigenvalue weighted by molar-refractivity contribution is 7.19. The molecule has 5 heteroatoms. The number of hydrogen-bond donors (Lipinski definition) is 3. The molecule has 2 heterocycles. The summed E-state index contributed by atoms with van der Waals surface area (Å²) in [5.41, 5.74) is 2.41. The van der Waals surface area contributed by atoms with Crippen LogP contribution in [-0.4, -0.2) is 22.5 Å². The molecule has 1 atom stereocenters. The van der Waals surface area contributed by atoms with Crippen molar-refractivity contribution in [3.8, 4) is 0 Å². The van der Waals surface area contributed by atoms with E-state index in [0.717, 1.165) is 31.6 Å². The van der Waals surface area contributed by atoms with Crippen LogP contribution in [0.15, 0.2) is 54.6 Å². The van der Waals surface area contributed by atoms with Gasteiger partial charge in [0.15, 0.2) is 0 Å². The number of aryl methyl sites for hydroxylation is 1. The Labute approximate surface area is 149 Å². The van der Waals surface area contributed by atoms with Gasteiger partial charge in [-0.3, -0.25) is 4.79 Å². The van der Waals surface area contributed by atoms with Crippen molar-refractivity contribution in [3.63, 3.8) is 0 Å². The number of carbonyl (C=O) groups is 1. The fourth-order valence-corrected chi connectivity index (χ4v) is 4.16. The molecule has 0 spiro atoms. The maximum absolute atomic E-state index is 12.6. The first kappa shape index (κ1) is 15.9. The lowest BCUT2D eigenvalue weighted by Crippen LogP contribution is -2.28. The van der Waals surface area contributed by atoms with Crippen molar-refractivity contribution < 1.29 is 9.90 Å². The van der Waals surface area contributed by atoms with Gasteiger partial charge in [0.1, 0.15) is 6.10 Å². The first-order chi connectivity index (χ1) is 12.1. The van der Waals surface area contributed by atoms with Crippen LogP contribution in [0.4, 0.5) is 0 Å². The van der Waals surface area contributed by atoms with Crippen LogP contribution in [0.3, 0.4) is 0 Å². The minimum absolute atomic E-state index is 0.171. The standard InChI is InChI=1S/C20H18N2O2S/c1-12-19(14-7-3-4-8-15(14)22-12)20(24)21-11-16(23)18-10-13-6-2-5-9-17(13)25-18/h2-10,16,22-23H,11H2,1H3,(H,21,24)/t16-/m0/s1. The molecule has 0 aliphatic carbocycles. The van der Waals surface area contributed by atoms with E-state index in [1.54, 1.807) is 11.3 Å². The van der Waals surface area contributed by atoms with E-state index in [1.165, 1.54) is 0 Å². The molecule has 0 fully saturated rings. The van der Waals surface area contributed by atoms with E-state index in [-0.39, 0.29) is 12.5 Å². The van der Waals surface area contributed by atoms with Gasteiger partial charge in [-0.2, -0.15) is 0 Å². The van der Waals surface area contributed by atoms with Crippen LogP contribution in [0.5, 0.6) is 0 Å². The molecule has 1 amide bonds. The molecule has 0 unspecified atom stereocenters. The Kier molecular flexibility index (Phi) is 4.03. The number of carbonyl (C=O) groups excluding carboxylic acids is 1. The van der Waals surface area contributed by atoms with Crippen molar-refractivity contribution in [1.29, 1.82) is 0 Å². The number of aromatic amines is 1. The molecular formula is C20H18N2O2S. The molecule has 3 N–H and O–H groups in total. The molecule has 0 saturated heterocycles. The van der Waals surface area contributed by atoms with Gasteiger partial charge in [0.2, 0.25) is 0 Å². The third kappa shape index (κ3) is 2.92. The molecule has 2 aromatic heterocycles. The summed E-state index contributed by atoms with van der Waals surface area (Å²) in [7, 11) is 0. The monoisotopic (exact) mass is 350 g/mol. The molecule has 0 bridgehead atoms. The lowest BCUT2D eigenvalue weighted by atomic mass is 10.1. The van der Waals surface area contributed by atoms with E-state index in [4.69, 9.17) is 0 Å². The number of rotatable bonds is 4. The Hall–Kier alpha value is -2.63. The molecule has 0 aliphatic rings. The number of nitrogens with one attached hydrogen (secondary N) is 2. The van der Waals surface area contributed by atoms with Crippen molar-refractivity contribution in [3.05, 3.63) is 70.7 Å². The normalized spacial score (nSPS) is 12.6. The predicted molar refractivity (Wildman–Crippen MR) is 102 cm³/mol. The zero-order chi connectivity index (χ0) is 17.4. The van der Waals surface area contributed by atoms with Crippen molar-refractivity contribution in [2.45, 2.75) is 13.0 Å². The highest BCUT2D eigenvalue weighted by atomic mass is 32.1. The van der Waals surface area contributed by atoms with Gasteiger partial charge in [-0.25, -0.2) is 0 Å². The lowest BCUT2D eigenvalue weighted by molar-refractivity contribution is 0.0919. The van der Waals surface area contributed by atoms with Crippen molar-refractivity contribution in [2.75, 3.05) is 6.54 Å². The van der Waals surface area contributed by atoms with Crippen LogP contribution >= 0.6 is 11.3 Å². The third-order valence-electron chi connectivity index (χ3n) is 4.35. The minimum Gasteiger partial charge on any atom is -0.386 e. The molecule has 4 nitrogen and oxygen atoms in total. The van der Waals surface area contributed by atoms with Gasteiger partial charge in [0.05, 0.1) is 5.56 Å². The molecule has 2 aromatic carbocycles. The zero-order valence-corrected chi connectivity index (χ0v) is 14.6. The van der Waals surface area contributed by atoms with E-state index < -0.39 is 6.10 Å². The zero-order valence-electron chi connectivity index (χ0n) is 13.7. The molecule has 0 aliphatic heterocycles. The van der Waals surface area contributed by atoms with Crippen molar-refractivity contribution >= 4 is 38.2 Å². The van der Waals surface area contributed by atoms with Crippen LogP contribution in [0.1, 0.15) is 27.0 Å². The Bertz CT molecular complexity index is 1030. The van der Waals surface area contributed by atoms with Gasteiger partial charge >= 0.3 is 0 Å². The number of fused-ring (bicyclic) bond motifs is 2. The van der Waals surface area contributed by atoms with Gasteiger partial charge < -0.3 is 15.4 Å². The Morgan fingerprint density at radius 3 is 2.80 bits per heavy atom. The van der Waals surface area contributed by atoms with Gasteiger partial charge in [-0.1, -0.05) is 36.4 Å². The van der Waals surface area contributed by atoms with Crippen LogP contribution < -0.4 is 5.32 Å². The lowest BCUT2D eigenvalue weighted by Gasteiger charge is -2.10. The van der Waals surface area contributed by atoms with Gasteiger partial charge in [-0.15, -0.1) is 11.3 Å². The van der Waals surface area contributed by atoms with E-state index in [9.17, 15) is 9.90 Å². The molecular weight excluding hydrogens is 332 g/mol. The summed E-state index contributed by atoms with van der Waals surface area (Å²) in [6, 6.07) is 17.7. The number of benzene rings is 2. The molecule has 25 heavy (non-hydrogen) atoms. The largest absolute Gasteiger partial charge is 0.386 e. The molecule has 0 saturated carbocycles. The molecule has 4 rings (SSSR count). The summed E-state index contributed by atoms with van der Waals surface area (Å²) in [5, 5.41) is 15.3. The van der Waals surface area contributed by atoms with Crippen LogP contribution in [0, 0.1) is 6.92 Å². The molecule has 126 valence electrons. The summed E-state index contributed by atoms with van der Waals surface area (Å²) in [5.74, 6) is -0.171. The number of thiophene rings is 1. The van der Waals surface area contributed by atoms with E-state index in [0.29, 0.717) is 5.56 Å². The number of aliphatic hydroxyl groups excluding tert-OH is 1. The summed E-state index contributed by atoms with van der Waals surface area (Å²) in [6.45, 7) is 2.07. The first-order valence-electron chi connectivity index (χ1n) is 8.15. The van der Waals surface area contributed by atoms with Gasteiger partial charge in [-0.05, 0) is 30.5 Å². The highest BCUT2D eigenvalue weighted by Crippen LogP contribution is 2.29. The van der Waals surface area contributed by atoms with Crippen molar-refractivity contribution in [2.24, 2.45) is 0 Å². The number of amides is 1. The summed E-state index contributed by atoms with van der Waals surface area (Å²) in [4.78, 5) is 16.7. The van der Waals surface area contributed by atoms with Crippen LogP contribution in [0.2, 0.25) is 0 Å². The predicted octanol–water partition coefficient (Wildman–Crippen LogP) is 4.15. The van der Waals surface area contributed by atoms with Gasteiger partial charge in [0, 0.05) is 32.7 Å².